The highest BCUT2D eigenvalue weighted by atomic mass is 32.2. The van der Waals surface area contributed by atoms with E-state index < -0.39 is 24.6 Å². The van der Waals surface area contributed by atoms with Crippen molar-refractivity contribution < 1.29 is 21.6 Å². The highest BCUT2D eigenvalue weighted by molar-refractivity contribution is 7.92. The zero-order valence-electron chi connectivity index (χ0n) is 17.2. The van der Waals surface area contributed by atoms with Gasteiger partial charge in [-0.05, 0) is 27.7 Å². The maximum Gasteiger partial charge on any atom is 0.216 e. The first-order chi connectivity index (χ1) is 12.3. The molecule has 1 aliphatic heterocycles. The monoisotopic (exact) mass is 426 g/mol. The quantitative estimate of drug-likeness (QED) is 0.421. The molecule has 0 saturated carbocycles. The van der Waals surface area contributed by atoms with Gasteiger partial charge < -0.3 is 15.0 Å². The molecular weight excluding hydrogens is 392 g/mol. The summed E-state index contributed by atoms with van der Waals surface area (Å²) >= 11 is 0. The highest BCUT2D eigenvalue weighted by Gasteiger charge is 2.32. The fraction of sp³-hybridized carbons (Fsp3) is 0.938. The van der Waals surface area contributed by atoms with Crippen LogP contribution in [0.3, 0.4) is 0 Å². The maximum atomic E-state index is 12.4. The largest absolute Gasteiger partial charge is 0.378 e. The molecule has 1 saturated heterocycles. The molecule has 0 spiro atoms. The second-order valence-electron chi connectivity index (χ2n) is 7.55. The minimum absolute atomic E-state index is 0.00244. The number of guanidine groups is 1. The van der Waals surface area contributed by atoms with Crippen LogP contribution in [-0.2, 0) is 24.6 Å². The van der Waals surface area contributed by atoms with Crippen LogP contribution >= 0.6 is 0 Å². The Bertz CT molecular complexity index is 709. The van der Waals surface area contributed by atoms with E-state index in [-0.39, 0.29) is 25.0 Å². The summed E-state index contributed by atoms with van der Waals surface area (Å²) < 4.78 is 54.3. The Hall–Kier alpha value is -0.910. The fourth-order valence-electron chi connectivity index (χ4n) is 2.45. The van der Waals surface area contributed by atoms with Gasteiger partial charge in [-0.25, -0.2) is 16.8 Å². The summed E-state index contributed by atoms with van der Waals surface area (Å²) in [5, 5.41) is 3.10. The van der Waals surface area contributed by atoms with E-state index in [9.17, 15) is 16.8 Å². The molecule has 0 aromatic carbocycles. The molecule has 0 amide bonds. The van der Waals surface area contributed by atoms with Crippen molar-refractivity contribution in [1.82, 2.24) is 14.5 Å². The number of piperazine rings is 1. The molecule has 160 valence electrons. The summed E-state index contributed by atoms with van der Waals surface area (Å²) in [7, 11) is -4.94. The molecule has 0 atom stereocenters. The van der Waals surface area contributed by atoms with Crippen LogP contribution in [-0.4, -0.2) is 101 Å². The van der Waals surface area contributed by atoms with E-state index in [0.29, 0.717) is 32.1 Å². The predicted octanol–water partition coefficient (Wildman–Crippen LogP) is -0.243. The Labute approximate surface area is 164 Å². The summed E-state index contributed by atoms with van der Waals surface area (Å²) in [6.07, 6.45) is 1.21. The van der Waals surface area contributed by atoms with Crippen LogP contribution in [0.5, 0.6) is 0 Å². The fourth-order valence-corrected chi connectivity index (χ4v) is 4.07. The van der Waals surface area contributed by atoms with E-state index in [2.05, 4.69) is 10.3 Å². The second-order valence-corrected chi connectivity index (χ2v) is 12.3. The van der Waals surface area contributed by atoms with Gasteiger partial charge >= 0.3 is 0 Å². The number of sulfonamides is 1. The number of nitrogens with zero attached hydrogens (tertiary/aromatic N) is 3. The van der Waals surface area contributed by atoms with Crippen LogP contribution in [0, 0.1) is 0 Å². The summed E-state index contributed by atoms with van der Waals surface area (Å²) in [6.45, 7) is 9.17. The molecule has 9 nitrogen and oxygen atoms in total. The molecular formula is C16H34N4O5S2. The number of rotatable bonds is 8. The van der Waals surface area contributed by atoms with Crippen molar-refractivity contribution >= 4 is 25.8 Å². The lowest BCUT2D eigenvalue weighted by molar-refractivity contribution is 0.0904. The summed E-state index contributed by atoms with van der Waals surface area (Å²) in [6, 6.07) is 0. The van der Waals surface area contributed by atoms with Crippen LogP contribution in [0.25, 0.3) is 0 Å². The van der Waals surface area contributed by atoms with E-state index in [0.717, 1.165) is 0 Å². The van der Waals surface area contributed by atoms with Gasteiger partial charge in [0.2, 0.25) is 10.0 Å². The molecule has 1 heterocycles. The Kier molecular flexibility index (Phi) is 8.52. The molecule has 1 aliphatic rings. The topological polar surface area (TPSA) is 108 Å². The van der Waals surface area contributed by atoms with Gasteiger partial charge in [0.15, 0.2) is 15.8 Å². The lowest BCUT2D eigenvalue weighted by atomic mass is 10.2. The number of aliphatic imine (C=N–C) groups is 1. The maximum absolute atomic E-state index is 12.4. The SMILES string of the molecule is CN=C(NCC(C)(C)S(C)(=O)=O)N1CCN(S(=O)(=O)CCOC(C)C)CC1. The average Bonchev–Trinajstić information content (AvgIpc) is 2.54. The first kappa shape index (κ1) is 24.1. The summed E-state index contributed by atoms with van der Waals surface area (Å²) in [5.41, 5.74) is 0. The van der Waals surface area contributed by atoms with Gasteiger partial charge in [-0.15, -0.1) is 0 Å². The molecule has 0 radical (unpaired) electrons. The first-order valence-corrected chi connectivity index (χ1v) is 12.5. The van der Waals surface area contributed by atoms with Crippen molar-refractivity contribution in [3.05, 3.63) is 0 Å². The van der Waals surface area contributed by atoms with Crippen molar-refractivity contribution in [1.29, 1.82) is 0 Å². The number of ether oxygens (including phenoxy) is 1. The van der Waals surface area contributed by atoms with Crippen molar-refractivity contribution in [2.45, 2.75) is 38.5 Å². The molecule has 0 bridgehead atoms. The third-order valence-corrected chi connectivity index (χ3v) is 8.60. The lowest BCUT2D eigenvalue weighted by Crippen LogP contribution is -2.56. The zero-order valence-corrected chi connectivity index (χ0v) is 18.9. The number of sulfone groups is 1. The Balaban J connectivity index is 2.59. The molecule has 1 rings (SSSR count). The van der Waals surface area contributed by atoms with Crippen LogP contribution in [0.1, 0.15) is 27.7 Å². The Morgan fingerprint density at radius 3 is 2.15 bits per heavy atom. The molecule has 1 fully saturated rings. The van der Waals surface area contributed by atoms with Crippen LogP contribution in [0.2, 0.25) is 0 Å². The van der Waals surface area contributed by atoms with Crippen molar-refractivity contribution in [2.24, 2.45) is 4.99 Å². The van der Waals surface area contributed by atoms with Gasteiger partial charge in [0.05, 0.1) is 23.2 Å². The average molecular weight is 427 g/mol. The highest BCUT2D eigenvalue weighted by Crippen LogP contribution is 2.14. The Morgan fingerprint density at radius 2 is 1.70 bits per heavy atom. The smallest absolute Gasteiger partial charge is 0.216 e. The molecule has 27 heavy (non-hydrogen) atoms. The lowest BCUT2D eigenvalue weighted by Gasteiger charge is -2.36. The van der Waals surface area contributed by atoms with E-state index in [4.69, 9.17) is 4.74 Å². The van der Waals surface area contributed by atoms with Gasteiger partial charge in [-0.3, -0.25) is 4.99 Å². The summed E-state index contributed by atoms with van der Waals surface area (Å²) in [5.74, 6) is 0.549. The van der Waals surface area contributed by atoms with Crippen molar-refractivity contribution in [2.75, 3.05) is 58.4 Å². The van der Waals surface area contributed by atoms with Gasteiger partial charge in [-0.1, -0.05) is 0 Å². The van der Waals surface area contributed by atoms with Gasteiger partial charge in [0.1, 0.15) is 0 Å². The van der Waals surface area contributed by atoms with Gasteiger partial charge in [0.25, 0.3) is 0 Å². The van der Waals surface area contributed by atoms with Gasteiger partial charge in [-0.2, -0.15) is 4.31 Å². The normalized spacial score (nSPS) is 18.2. The third-order valence-electron chi connectivity index (χ3n) is 4.61. The van der Waals surface area contributed by atoms with E-state index >= 15 is 0 Å². The molecule has 1 N–H and O–H groups in total. The van der Waals surface area contributed by atoms with E-state index in [1.807, 2.05) is 18.7 Å². The van der Waals surface area contributed by atoms with Crippen molar-refractivity contribution in [3.63, 3.8) is 0 Å². The van der Waals surface area contributed by atoms with Gasteiger partial charge in [0, 0.05) is 46.0 Å². The number of hydrogen-bond donors (Lipinski definition) is 1. The number of nitrogens with one attached hydrogen (secondary N) is 1. The number of hydrogen-bond acceptors (Lipinski definition) is 6. The third kappa shape index (κ3) is 7.20. The Morgan fingerprint density at radius 1 is 1.15 bits per heavy atom. The standard InChI is InChI=1S/C16H34N4O5S2/c1-14(2)25-11-12-27(23,24)20-9-7-19(8-10-20)15(17-5)18-13-16(3,4)26(6,21)22/h14H,7-13H2,1-6H3,(H,17,18). The van der Waals surface area contributed by atoms with Crippen LogP contribution in [0.4, 0.5) is 0 Å². The summed E-state index contributed by atoms with van der Waals surface area (Å²) in [4.78, 5) is 6.14. The molecule has 0 aromatic heterocycles. The van der Waals surface area contributed by atoms with E-state index in [1.54, 1.807) is 20.9 Å². The molecule has 0 aromatic rings. The molecule has 11 heteroatoms. The molecule has 0 unspecified atom stereocenters. The zero-order chi connectivity index (χ0) is 20.9. The minimum Gasteiger partial charge on any atom is -0.378 e. The van der Waals surface area contributed by atoms with Crippen molar-refractivity contribution in [3.8, 4) is 0 Å². The first-order valence-electron chi connectivity index (χ1n) is 9.05. The molecule has 0 aliphatic carbocycles. The van der Waals surface area contributed by atoms with Crippen LogP contribution < -0.4 is 5.32 Å². The minimum atomic E-state index is -3.35. The van der Waals surface area contributed by atoms with Crippen LogP contribution in [0.15, 0.2) is 4.99 Å². The second kappa shape index (κ2) is 9.53. The van der Waals surface area contributed by atoms with E-state index in [1.165, 1.54) is 10.6 Å². The predicted molar refractivity (Wildman–Crippen MR) is 108 cm³/mol.